The first kappa shape index (κ1) is 13.4. The van der Waals surface area contributed by atoms with Gasteiger partial charge in [-0.25, -0.2) is 4.90 Å². The summed E-state index contributed by atoms with van der Waals surface area (Å²) < 4.78 is 6.54. The Morgan fingerprint density at radius 3 is 2.76 bits per heavy atom. The molecule has 0 aromatic heterocycles. The molecule has 0 aliphatic carbocycles. The summed E-state index contributed by atoms with van der Waals surface area (Å²) in [7, 11) is 0. The quantitative estimate of drug-likeness (QED) is 0.461. The number of imide groups is 1. The summed E-state index contributed by atoms with van der Waals surface area (Å²) >= 11 is 2.11. The van der Waals surface area contributed by atoms with Gasteiger partial charge in [0.15, 0.2) is 0 Å². The van der Waals surface area contributed by atoms with Crippen molar-refractivity contribution in [1.29, 1.82) is 0 Å². The topological polar surface area (TPSA) is 66.8 Å². The van der Waals surface area contributed by atoms with Gasteiger partial charge in [0, 0.05) is 3.57 Å². The number of halogens is 1. The number of aliphatic hydroxyl groups is 1. The zero-order valence-electron chi connectivity index (χ0n) is 10.9. The molecule has 4 atom stereocenters. The van der Waals surface area contributed by atoms with Crippen molar-refractivity contribution in [3.63, 3.8) is 0 Å². The second-order valence-corrected chi connectivity index (χ2v) is 6.68. The molecule has 0 unspecified atom stereocenters. The largest absolute Gasteiger partial charge is 0.393 e. The summed E-state index contributed by atoms with van der Waals surface area (Å²) in [5.74, 6) is -1.67. The van der Waals surface area contributed by atoms with Crippen LogP contribution in [0.15, 0.2) is 36.4 Å². The number of nitrogens with zero attached hydrogens (tertiary/aromatic N) is 1. The highest BCUT2D eigenvalue weighted by atomic mass is 127. The maximum Gasteiger partial charge on any atom is 0.241 e. The van der Waals surface area contributed by atoms with E-state index in [1.54, 1.807) is 24.3 Å². The first-order chi connectivity index (χ1) is 10.1. The predicted molar refractivity (Wildman–Crippen MR) is 82.5 cm³/mol. The van der Waals surface area contributed by atoms with Crippen molar-refractivity contribution in [2.75, 3.05) is 11.5 Å². The molecule has 1 aromatic rings. The number of benzene rings is 1. The molecule has 3 aliphatic heterocycles. The molecule has 21 heavy (non-hydrogen) atoms. The molecule has 5 nitrogen and oxygen atoms in total. The van der Waals surface area contributed by atoms with Gasteiger partial charge in [-0.2, -0.15) is 0 Å². The fourth-order valence-electron chi connectivity index (χ4n) is 3.55. The summed E-state index contributed by atoms with van der Waals surface area (Å²) in [4.78, 5) is 26.7. The highest BCUT2D eigenvalue weighted by Crippen LogP contribution is 2.52. The van der Waals surface area contributed by atoms with E-state index in [9.17, 15) is 14.7 Å². The van der Waals surface area contributed by atoms with Crippen molar-refractivity contribution in [2.45, 2.75) is 11.7 Å². The third-order valence-electron chi connectivity index (χ3n) is 4.50. The molecule has 4 rings (SSSR count). The minimum atomic E-state index is -1.03. The molecule has 0 radical (unpaired) electrons. The van der Waals surface area contributed by atoms with E-state index in [0.29, 0.717) is 5.69 Å². The van der Waals surface area contributed by atoms with Gasteiger partial charge < -0.3 is 9.84 Å². The van der Waals surface area contributed by atoms with E-state index in [-0.39, 0.29) is 18.4 Å². The Kier molecular flexibility index (Phi) is 2.79. The number of aliphatic hydroxyl groups excluding tert-OH is 1. The van der Waals surface area contributed by atoms with Crippen molar-refractivity contribution in [3.05, 3.63) is 40.0 Å². The number of amides is 2. The van der Waals surface area contributed by atoms with Crippen LogP contribution in [0.2, 0.25) is 0 Å². The van der Waals surface area contributed by atoms with Gasteiger partial charge in [-0.3, -0.25) is 9.59 Å². The van der Waals surface area contributed by atoms with Crippen LogP contribution < -0.4 is 4.90 Å². The number of anilines is 1. The van der Waals surface area contributed by atoms with E-state index < -0.39 is 23.5 Å². The lowest BCUT2D eigenvalue weighted by atomic mass is 9.77. The van der Waals surface area contributed by atoms with Gasteiger partial charge in [0.2, 0.25) is 11.8 Å². The van der Waals surface area contributed by atoms with Gasteiger partial charge in [0.25, 0.3) is 0 Å². The first-order valence-electron chi connectivity index (χ1n) is 6.69. The van der Waals surface area contributed by atoms with Crippen molar-refractivity contribution in [1.82, 2.24) is 0 Å². The second kappa shape index (κ2) is 4.37. The summed E-state index contributed by atoms with van der Waals surface area (Å²) in [5, 5.41) is 9.65. The average molecular weight is 397 g/mol. The lowest BCUT2D eigenvalue weighted by molar-refractivity contribution is -0.128. The van der Waals surface area contributed by atoms with E-state index in [1.165, 1.54) is 4.90 Å². The normalized spacial score (nSPS) is 36.7. The fourth-order valence-corrected chi connectivity index (χ4v) is 4.18. The number of hydrogen-bond donors (Lipinski definition) is 1. The van der Waals surface area contributed by atoms with Gasteiger partial charge in [0.1, 0.15) is 5.60 Å². The molecule has 3 heterocycles. The minimum Gasteiger partial charge on any atom is -0.393 e. The Morgan fingerprint density at radius 2 is 2.05 bits per heavy atom. The Hall–Kier alpha value is -1.25. The van der Waals surface area contributed by atoms with Crippen LogP contribution in [0, 0.1) is 15.4 Å². The third-order valence-corrected chi connectivity index (χ3v) is 5.41. The van der Waals surface area contributed by atoms with E-state index in [0.717, 1.165) is 3.57 Å². The summed E-state index contributed by atoms with van der Waals surface area (Å²) in [6.07, 6.45) is 3.09. The third kappa shape index (κ3) is 1.58. The molecule has 2 amide bonds. The monoisotopic (exact) mass is 397 g/mol. The molecule has 1 aromatic carbocycles. The van der Waals surface area contributed by atoms with Crippen molar-refractivity contribution in [2.24, 2.45) is 11.8 Å². The van der Waals surface area contributed by atoms with Crippen LogP contribution in [-0.2, 0) is 14.3 Å². The second-order valence-electron chi connectivity index (χ2n) is 5.52. The van der Waals surface area contributed by atoms with Crippen LogP contribution in [-0.4, -0.2) is 35.2 Å². The van der Waals surface area contributed by atoms with Gasteiger partial charge in [-0.1, -0.05) is 24.3 Å². The molecule has 2 bridgehead atoms. The lowest BCUT2D eigenvalue weighted by Crippen LogP contribution is -2.43. The summed E-state index contributed by atoms with van der Waals surface area (Å²) in [6.45, 7) is -0.292. The zero-order valence-corrected chi connectivity index (χ0v) is 13.1. The molecular weight excluding hydrogens is 385 g/mol. The molecule has 0 saturated carbocycles. The van der Waals surface area contributed by atoms with Crippen LogP contribution in [0.3, 0.4) is 0 Å². The number of para-hydroxylation sites is 1. The zero-order chi connectivity index (χ0) is 14.8. The Bertz CT molecular complexity index is 688. The number of carbonyl (C=O) groups excluding carboxylic acids is 2. The van der Waals surface area contributed by atoms with Crippen molar-refractivity contribution >= 4 is 40.1 Å². The molecule has 0 spiro atoms. The van der Waals surface area contributed by atoms with Gasteiger partial charge in [-0.15, -0.1) is 0 Å². The SMILES string of the molecule is O=C1[C@@H]2[C@@H](C(=O)N1c1ccccc1I)[C@@]1(CO)C=C[C@H]2O1. The first-order valence-corrected chi connectivity index (χ1v) is 7.77. The van der Waals surface area contributed by atoms with E-state index >= 15 is 0 Å². The molecule has 2 saturated heterocycles. The summed E-state index contributed by atoms with van der Waals surface area (Å²) in [6, 6.07) is 7.29. The van der Waals surface area contributed by atoms with Crippen LogP contribution in [0.25, 0.3) is 0 Å². The smallest absolute Gasteiger partial charge is 0.241 e. The molecular formula is C15H12INO4. The molecule has 6 heteroatoms. The Balaban J connectivity index is 1.81. The van der Waals surface area contributed by atoms with Gasteiger partial charge in [-0.05, 0) is 34.7 Å². The lowest BCUT2D eigenvalue weighted by Gasteiger charge is -2.26. The molecule has 2 fully saturated rings. The Morgan fingerprint density at radius 1 is 1.29 bits per heavy atom. The number of hydrogen-bond acceptors (Lipinski definition) is 4. The van der Waals surface area contributed by atoms with Gasteiger partial charge >= 0.3 is 0 Å². The maximum absolute atomic E-state index is 12.8. The van der Waals surface area contributed by atoms with Crippen LogP contribution in [0.5, 0.6) is 0 Å². The molecule has 1 N–H and O–H groups in total. The number of fused-ring (bicyclic) bond motifs is 5. The number of carbonyl (C=O) groups is 2. The van der Waals surface area contributed by atoms with E-state index in [2.05, 4.69) is 22.6 Å². The molecule has 108 valence electrons. The van der Waals surface area contributed by atoms with E-state index in [4.69, 9.17) is 4.74 Å². The number of rotatable bonds is 2. The van der Waals surface area contributed by atoms with Crippen molar-refractivity contribution < 1.29 is 19.4 Å². The minimum absolute atomic E-state index is 0.237. The standard InChI is InChI=1S/C15H12INO4/c16-8-3-1-2-4-9(8)17-13(19)11-10-5-6-15(7-18,21-10)12(11)14(17)20/h1-6,10-12,18H,7H2/t10-,11+,12+,15+/m1/s1. The van der Waals surface area contributed by atoms with Crippen LogP contribution >= 0.6 is 22.6 Å². The molecule has 3 aliphatic rings. The summed E-state index contributed by atoms with van der Waals surface area (Å²) in [5.41, 5.74) is -0.424. The van der Waals surface area contributed by atoms with Crippen LogP contribution in [0.4, 0.5) is 5.69 Å². The maximum atomic E-state index is 12.8. The fraction of sp³-hybridized carbons (Fsp3) is 0.333. The van der Waals surface area contributed by atoms with Gasteiger partial charge in [0.05, 0.1) is 30.2 Å². The highest BCUT2D eigenvalue weighted by molar-refractivity contribution is 14.1. The highest BCUT2D eigenvalue weighted by Gasteiger charge is 2.67. The predicted octanol–water partition coefficient (Wildman–Crippen LogP) is 1.10. The van der Waals surface area contributed by atoms with E-state index in [1.807, 2.05) is 12.1 Å². The average Bonchev–Trinajstić information content (AvgIpc) is 3.12. The van der Waals surface area contributed by atoms with Crippen molar-refractivity contribution in [3.8, 4) is 0 Å². The number of ether oxygens (including phenoxy) is 1. The Labute approximate surface area is 134 Å². The van der Waals surface area contributed by atoms with Crippen LogP contribution in [0.1, 0.15) is 0 Å².